The first-order chi connectivity index (χ1) is 10.5. The lowest BCUT2D eigenvalue weighted by atomic mass is 9.91. The van der Waals surface area contributed by atoms with Crippen LogP contribution in [0.2, 0.25) is 0 Å². The summed E-state index contributed by atoms with van der Waals surface area (Å²) in [6, 6.07) is 0. The summed E-state index contributed by atoms with van der Waals surface area (Å²) in [6.07, 6.45) is 10.3. The van der Waals surface area contributed by atoms with Gasteiger partial charge in [0.2, 0.25) is 5.91 Å². The van der Waals surface area contributed by atoms with Gasteiger partial charge in [0.1, 0.15) is 5.25 Å². The molecule has 4 nitrogen and oxygen atoms in total. The van der Waals surface area contributed by atoms with Crippen molar-refractivity contribution in [2.45, 2.75) is 58.1 Å². The molecule has 0 saturated heterocycles. The van der Waals surface area contributed by atoms with E-state index in [2.05, 4.69) is 23.0 Å². The van der Waals surface area contributed by atoms with Crippen LogP contribution in [0.15, 0.2) is 35.2 Å². The quantitative estimate of drug-likeness (QED) is 0.765. The smallest absolute Gasteiger partial charge is 0.227 e. The fourth-order valence-corrected chi connectivity index (χ4v) is 3.20. The summed E-state index contributed by atoms with van der Waals surface area (Å²) < 4.78 is 14.8. The SMILES string of the molecule is CC1=CC=C(NC(=O)C2CC=C(N[S+]([O-])C(C)C)CC2)CC1. The van der Waals surface area contributed by atoms with Crippen LogP contribution in [0.5, 0.6) is 0 Å². The molecule has 0 aromatic rings. The van der Waals surface area contributed by atoms with E-state index in [9.17, 15) is 9.35 Å². The summed E-state index contributed by atoms with van der Waals surface area (Å²) in [7, 11) is 0. The number of carbonyl (C=O) groups excluding carboxylic acids is 1. The van der Waals surface area contributed by atoms with E-state index in [4.69, 9.17) is 0 Å². The lowest BCUT2D eigenvalue weighted by molar-refractivity contribution is -0.124. The molecule has 0 aromatic heterocycles. The van der Waals surface area contributed by atoms with Gasteiger partial charge in [0.05, 0.1) is 17.1 Å². The molecule has 0 spiro atoms. The van der Waals surface area contributed by atoms with Gasteiger partial charge in [-0.15, -0.1) is 0 Å². The Morgan fingerprint density at radius 1 is 1.27 bits per heavy atom. The second-order valence-corrected chi connectivity index (χ2v) is 8.08. The van der Waals surface area contributed by atoms with E-state index in [0.29, 0.717) is 6.42 Å². The number of hydrogen-bond donors (Lipinski definition) is 2. The Bertz CT molecular complexity index is 509. The molecule has 2 atom stereocenters. The molecule has 2 aliphatic carbocycles. The van der Waals surface area contributed by atoms with Crippen molar-refractivity contribution in [1.29, 1.82) is 0 Å². The van der Waals surface area contributed by atoms with E-state index >= 15 is 0 Å². The molecule has 0 bridgehead atoms. The van der Waals surface area contributed by atoms with E-state index in [0.717, 1.165) is 37.1 Å². The molecule has 0 heterocycles. The molecular weight excluding hydrogens is 296 g/mol. The molecule has 1 amide bonds. The minimum absolute atomic E-state index is 0.0194. The monoisotopic (exact) mass is 322 g/mol. The molecule has 0 aromatic carbocycles. The Morgan fingerprint density at radius 2 is 2.05 bits per heavy atom. The molecule has 2 unspecified atom stereocenters. The van der Waals surface area contributed by atoms with Crippen molar-refractivity contribution in [3.05, 3.63) is 35.2 Å². The summed E-state index contributed by atoms with van der Waals surface area (Å²) in [4.78, 5) is 12.3. The van der Waals surface area contributed by atoms with E-state index in [-0.39, 0.29) is 17.1 Å². The fourth-order valence-electron chi connectivity index (χ4n) is 2.52. The highest BCUT2D eigenvalue weighted by molar-refractivity contribution is 7.90. The average molecular weight is 322 g/mol. The van der Waals surface area contributed by atoms with Crippen LogP contribution < -0.4 is 10.0 Å². The third kappa shape index (κ3) is 4.92. The molecule has 122 valence electrons. The molecule has 0 saturated carbocycles. The van der Waals surface area contributed by atoms with Crippen molar-refractivity contribution in [2.24, 2.45) is 5.92 Å². The van der Waals surface area contributed by atoms with Crippen LogP contribution in [-0.2, 0) is 16.2 Å². The van der Waals surface area contributed by atoms with Crippen molar-refractivity contribution in [2.75, 3.05) is 0 Å². The zero-order valence-electron chi connectivity index (χ0n) is 13.6. The standard InChI is InChI=1S/C17H26N2O2S/c1-12(2)22(21)19-16-10-6-14(7-11-16)17(20)18-15-8-4-13(3)5-9-15/h4,8,10,12,14,19H,5-7,9,11H2,1-3H3,(H,18,20). The van der Waals surface area contributed by atoms with E-state index < -0.39 is 11.4 Å². The largest absolute Gasteiger partial charge is 0.593 e. The first kappa shape index (κ1) is 17.2. The van der Waals surface area contributed by atoms with Crippen LogP contribution in [0.1, 0.15) is 52.9 Å². The maximum absolute atomic E-state index is 12.3. The third-order valence-electron chi connectivity index (χ3n) is 4.08. The Hall–Kier alpha value is -1.20. The molecule has 22 heavy (non-hydrogen) atoms. The van der Waals surface area contributed by atoms with Gasteiger partial charge in [-0.25, -0.2) is 4.72 Å². The van der Waals surface area contributed by atoms with Crippen LogP contribution in [0.3, 0.4) is 0 Å². The minimum atomic E-state index is -1.03. The van der Waals surface area contributed by atoms with Gasteiger partial charge in [-0.1, -0.05) is 17.7 Å². The summed E-state index contributed by atoms with van der Waals surface area (Å²) in [5.74, 6) is 0.130. The first-order valence-electron chi connectivity index (χ1n) is 7.99. The van der Waals surface area contributed by atoms with Crippen LogP contribution in [0.25, 0.3) is 0 Å². The van der Waals surface area contributed by atoms with Crippen LogP contribution >= 0.6 is 0 Å². The van der Waals surface area contributed by atoms with Crippen molar-refractivity contribution < 1.29 is 9.35 Å². The molecular formula is C17H26N2O2S. The minimum Gasteiger partial charge on any atom is -0.593 e. The average Bonchev–Trinajstić information content (AvgIpc) is 2.50. The van der Waals surface area contributed by atoms with E-state index in [1.807, 2.05) is 26.0 Å². The van der Waals surface area contributed by atoms with Gasteiger partial charge < -0.3 is 9.87 Å². The number of hydrogen-bond acceptors (Lipinski definition) is 3. The maximum atomic E-state index is 12.3. The Labute approximate surface area is 136 Å². The van der Waals surface area contributed by atoms with Crippen molar-refractivity contribution in [3.8, 4) is 0 Å². The number of allylic oxidation sites excluding steroid dienone is 6. The normalized spacial score (nSPS) is 23.3. The van der Waals surface area contributed by atoms with Crippen LogP contribution in [0.4, 0.5) is 0 Å². The molecule has 5 heteroatoms. The highest BCUT2D eigenvalue weighted by atomic mass is 32.2. The Morgan fingerprint density at radius 3 is 2.59 bits per heavy atom. The van der Waals surface area contributed by atoms with Gasteiger partial charge in [0, 0.05) is 11.6 Å². The van der Waals surface area contributed by atoms with Gasteiger partial charge in [-0.2, -0.15) is 0 Å². The number of amides is 1. The van der Waals surface area contributed by atoms with Crippen molar-refractivity contribution >= 4 is 17.3 Å². The van der Waals surface area contributed by atoms with Gasteiger partial charge in [-0.3, -0.25) is 4.79 Å². The number of rotatable bonds is 5. The summed E-state index contributed by atoms with van der Waals surface area (Å²) in [5.41, 5.74) is 3.38. The fraction of sp³-hybridized carbons (Fsp3) is 0.588. The second-order valence-electron chi connectivity index (χ2n) is 6.34. The summed E-state index contributed by atoms with van der Waals surface area (Å²) >= 11 is -1.03. The summed E-state index contributed by atoms with van der Waals surface area (Å²) in [5, 5.41) is 3.15. The lowest BCUT2D eigenvalue weighted by Crippen LogP contribution is -2.34. The highest BCUT2D eigenvalue weighted by Crippen LogP contribution is 2.24. The molecule has 0 aliphatic heterocycles. The van der Waals surface area contributed by atoms with E-state index in [1.165, 1.54) is 5.57 Å². The second kappa shape index (κ2) is 7.88. The van der Waals surface area contributed by atoms with Crippen LogP contribution in [-0.4, -0.2) is 15.7 Å². The zero-order chi connectivity index (χ0) is 16.1. The maximum Gasteiger partial charge on any atom is 0.227 e. The highest BCUT2D eigenvalue weighted by Gasteiger charge is 2.24. The van der Waals surface area contributed by atoms with Gasteiger partial charge >= 0.3 is 0 Å². The number of carbonyl (C=O) groups is 1. The van der Waals surface area contributed by atoms with Crippen molar-refractivity contribution in [3.63, 3.8) is 0 Å². The predicted octanol–water partition coefficient (Wildman–Crippen LogP) is 3.07. The molecule has 2 N–H and O–H groups in total. The van der Waals surface area contributed by atoms with Gasteiger partial charge in [0.15, 0.2) is 0 Å². The van der Waals surface area contributed by atoms with Gasteiger partial charge in [-0.05, 0) is 59.0 Å². The summed E-state index contributed by atoms with van der Waals surface area (Å²) in [6.45, 7) is 5.96. The molecule has 0 fully saturated rings. The third-order valence-corrected chi connectivity index (χ3v) is 5.40. The number of nitrogens with one attached hydrogen (secondary N) is 2. The Kier molecular flexibility index (Phi) is 6.15. The van der Waals surface area contributed by atoms with Gasteiger partial charge in [0.25, 0.3) is 0 Å². The molecule has 2 rings (SSSR count). The molecule has 2 aliphatic rings. The van der Waals surface area contributed by atoms with Crippen molar-refractivity contribution in [1.82, 2.24) is 10.0 Å². The van der Waals surface area contributed by atoms with E-state index in [1.54, 1.807) is 0 Å². The Balaban J connectivity index is 1.83. The lowest BCUT2D eigenvalue weighted by Gasteiger charge is -2.24. The predicted molar refractivity (Wildman–Crippen MR) is 91.1 cm³/mol. The van der Waals surface area contributed by atoms with Crippen LogP contribution in [0, 0.1) is 5.92 Å². The topological polar surface area (TPSA) is 64.2 Å². The first-order valence-corrected chi connectivity index (χ1v) is 9.20. The zero-order valence-corrected chi connectivity index (χ0v) is 14.5. The molecule has 0 radical (unpaired) electrons.